The number of hydrogen-bond donors (Lipinski definition) is 1. The summed E-state index contributed by atoms with van der Waals surface area (Å²) in [6.45, 7) is 0.968. The van der Waals surface area contributed by atoms with Crippen LogP contribution in [0.4, 0.5) is 0 Å². The van der Waals surface area contributed by atoms with E-state index in [1.54, 1.807) is 7.11 Å². The molecule has 4 heteroatoms. The molecule has 0 spiro atoms. The van der Waals surface area contributed by atoms with E-state index in [2.05, 4.69) is 47.1 Å². The molecule has 0 unspecified atom stereocenters. The number of rotatable bonds is 5. The maximum atomic E-state index is 6.12. The second-order valence-electron chi connectivity index (χ2n) is 4.75. The minimum absolute atomic E-state index is 0.371. The maximum Gasteiger partial charge on any atom is 0.174 e. The van der Waals surface area contributed by atoms with E-state index in [0.717, 1.165) is 21.6 Å². The zero-order chi connectivity index (χ0) is 13.0. The van der Waals surface area contributed by atoms with E-state index < -0.39 is 0 Å². The highest BCUT2D eigenvalue weighted by Crippen LogP contribution is 2.36. The van der Waals surface area contributed by atoms with Gasteiger partial charge in [0.05, 0.1) is 23.8 Å². The maximum absolute atomic E-state index is 6.12. The summed E-state index contributed by atoms with van der Waals surface area (Å²) >= 11 is 2.34. The van der Waals surface area contributed by atoms with Gasteiger partial charge in [-0.1, -0.05) is 0 Å². The van der Waals surface area contributed by atoms with Crippen molar-refractivity contribution in [2.45, 2.75) is 38.3 Å². The summed E-state index contributed by atoms with van der Waals surface area (Å²) in [5, 5.41) is 2.16. The molecule has 0 atom stereocenters. The van der Waals surface area contributed by atoms with Crippen LogP contribution in [0.1, 0.15) is 31.2 Å². The molecule has 3 nitrogen and oxygen atoms in total. The quantitative estimate of drug-likeness (QED) is 0.816. The number of benzene rings is 1. The van der Waals surface area contributed by atoms with E-state index in [4.69, 9.17) is 9.47 Å². The number of quaternary nitrogens is 1. The van der Waals surface area contributed by atoms with E-state index in [0.29, 0.717) is 6.10 Å². The first-order chi connectivity index (χ1) is 8.74. The third-order valence-corrected chi connectivity index (χ3v) is 4.12. The van der Waals surface area contributed by atoms with Crippen LogP contribution in [0, 0.1) is 3.57 Å². The fraction of sp³-hybridized carbons (Fsp3) is 0.571. The number of ether oxygens (including phenoxy) is 2. The number of methoxy groups -OCH3 is 1. The molecular weight excluding hydrogens is 341 g/mol. The summed E-state index contributed by atoms with van der Waals surface area (Å²) < 4.78 is 12.7. The van der Waals surface area contributed by atoms with Crippen molar-refractivity contribution in [3.8, 4) is 11.5 Å². The van der Waals surface area contributed by atoms with Crippen molar-refractivity contribution >= 4 is 22.6 Å². The Labute approximate surface area is 122 Å². The highest BCUT2D eigenvalue weighted by molar-refractivity contribution is 14.1. The summed E-state index contributed by atoms with van der Waals surface area (Å²) in [6.07, 6.45) is 5.28. The van der Waals surface area contributed by atoms with E-state index in [9.17, 15) is 0 Å². The van der Waals surface area contributed by atoms with Gasteiger partial charge in [-0.15, -0.1) is 0 Å². The van der Waals surface area contributed by atoms with Crippen LogP contribution in [-0.2, 0) is 6.54 Å². The van der Waals surface area contributed by atoms with Crippen molar-refractivity contribution in [2.24, 2.45) is 0 Å². The molecule has 0 aromatic heterocycles. The molecule has 1 fully saturated rings. The Bertz CT molecular complexity index is 403. The third-order valence-electron chi connectivity index (χ3n) is 3.32. The Kier molecular flexibility index (Phi) is 5.12. The first-order valence-corrected chi connectivity index (χ1v) is 7.63. The largest absolute Gasteiger partial charge is 0.493 e. The van der Waals surface area contributed by atoms with Crippen LogP contribution >= 0.6 is 22.6 Å². The van der Waals surface area contributed by atoms with E-state index in [1.807, 2.05) is 0 Å². The predicted molar refractivity (Wildman–Crippen MR) is 80.1 cm³/mol. The van der Waals surface area contributed by atoms with Crippen LogP contribution < -0.4 is 14.8 Å². The summed E-state index contributed by atoms with van der Waals surface area (Å²) in [5.74, 6) is 1.79. The van der Waals surface area contributed by atoms with Gasteiger partial charge in [0.2, 0.25) is 0 Å². The van der Waals surface area contributed by atoms with Crippen LogP contribution in [-0.4, -0.2) is 20.3 Å². The summed E-state index contributed by atoms with van der Waals surface area (Å²) in [5.41, 5.74) is 1.28. The Morgan fingerprint density at radius 3 is 2.67 bits per heavy atom. The van der Waals surface area contributed by atoms with Crippen molar-refractivity contribution in [3.05, 3.63) is 21.3 Å². The molecule has 0 heterocycles. The average Bonchev–Trinajstić information content (AvgIpc) is 2.85. The van der Waals surface area contributed by atoms with Crippen LogP contribution in [0.5, 0.6) is 11.5 Å². The molecule has 100 valence electrons. The van der Waals surface area contributed by atoms with Gasteiger partial charge in [0.1, 0.15) is 6.54 Å². The number of halogens is 1. The fourth-order valence-electron chi connectivity index (χ4n) is 2.41. The summed E-state index contributed by atoms with van der Waals surface area (Å²) in [6, 6.07) is 4.28. The van der Waals surface area contributed by atoms with Gasteiger partial charge in [0.25, 0.3) is 0 Å². The zero-order valence-electron chi connectivity index (χ0n) is 11.0. The van der Waals surface area contributed by atoms with Crippen LogP contribution in [0.25, 0.3) is 0 Å². The summed E-state index contributed by atoms with van der Waals surface area (Å²) in [7, 11) is 3.79. The minimum Gasteiger partial charge on any atom is -0.493 e. The van der Waals surface area contributed by atoms with Gasteiger partial charge < -0.3 is 14.8 Å². The molecule has 1 aromatic rings. The first kappa shape index (κ1) is 13.9. The van der Waals surface area contributed by atoms with E-state index >= 15 is 0 Å². The standard InChI is InChI=1S/C14H20INO2/c1-16-9-10-7-12(15)14(13(8-10)17-2)18-11-5-3-4-6-11/h7-8,11,16H,3-6,9H2,1-2H3/p+1. The molecule has 0 radical (unpaired) electrons. The molecule has 2 rings (SSSR count). The lowest BCUT2D eigenvalue weighted by atomic mass is 10.2. The van der Waals surface area contributed by atoms with Gasteiger partial charge in [-0.05, 0) is 60.4 Å². The molecule has 1 aromatic carbocycles. The lowest BCUT2D eigenvalue weighted by molar-refractivity contribution is -0.643. The molecule has 1 saturated carbocycles. The Hall–Kier alpha value is -0.490. The molecular formula is C14H21INO2+. The zero-order valence-corrected chi connectivity index (χ0v) is 13.2. The van der Waals surface area contributed by atoms with Crippen molar-refractivity contribution in [2.75, 3.05) is 14.2 Å². The predicted octanol–water partition coefficient (Wildman–Crippen LogP) is 2.31. The van der Waals surface area contributed by atoms with Gasteiger partial charge >= 0.3 is 0 Å². The lowest BCUT2D eigenvalue weighted by Crippen LogP contribution is -2.77. The summed E-state index contributed by atoms with van der Waals surface area (Å²) in [4.78, 5) is 0. The van der Waals surface area contributed by atoms with Crippen molar-refractivity contribution in [1.29, 1.82) is 0 Å². The van der Waals surface area contributed by atoms with Gasteiger partial charge in [-0.2, -0.15) is 0 Å². The molecule has 18 heavy (non-hydrogen) atoms. The Morgan fingerprint density at radius 2 is 2.06 bits per heavy atom. The van der Waals surface area contributed by atoms with Crippen molar-refractivity contribution in [3.63, 3.8) is 0 Å². The SMILES string of the molecule is C[NH2+]Cc1cc(I)c(OC2CCCC2)c(OC)c1. The fourth-order valence-corrected chi connectivity index (χ4v) is 3.21. The number of nitrogens with two attached hydrogens (primary N) is 1. The van der Waals surface area contributed by atoms with Gasteiger partial charge in [-0.3, -0.25) is 0 Å². The minimum atomic E-state index is 0.371. The van der Waals surface area contributed by atoms with Gasteiger partial charge in [0.15, 0.2) is 11.5 Å². The third kappa shape index (κ3) is 3.29. The van der Waals surface area contributed by atoms with E-state index in [-0.39, 0.29) is 0 Å². The molecule has 0 saturated heterocycles. The second kappa shape index (κ2) is 6.61. The Morgan fingerprint density at radius 1 is 1.33 bits per heavy atom. The molecule has 1 aliphatic rings. The van der Waals surface area contributed by atoms with Crippen molar-refractivity contribution < 1.29 is 14.8 Å². The molecule has 1 aliphatic carbocycles. The molecule has 2 N–H and O–H groups in total. The van der Waals surface area contributed by atoms with Gasteiger partial charge in [0, 0.05) is 5.56 Å². The van der Waals surface area contributed by atoms with Gasteiger partial charge in [-0.25, -0.2) is 0 Å². The smallest absolute Gasteiger partial charge is 0.174 e. The highest BCUT2D eigenvalue weighted by Gasteiger charge is 2.20. The van der Waals surface area contributed by atoms with E-state index in [1.165, 1.54) is 31.2 Å². The van der Waals surface area contributed by atoms with Crippen molar-refractivity contribution in [1.82, 2.24) is 0 Å². The second-order valence-corrected chi connectivity index (χ2v) is 5.91. The normalized spacial score (nSPS) is 15.9. The molecule has 0 amide bonds. The first-order valence-electron chi connectivity index (χ1n) is 6.55. The highest BCUT2D eigenvalue weighted by atomic mass is 127. The van der Waals surface area contributed by atoms with Crippen LogP contribution in [0.3, 0.4) is 0 Å². The van der Waals surface area contributed by atoms with Crippen LogP contribution in [0.15, 0.2) is 12.1 Å². The monoisotopic (exact) mass is 362 g/mol. The Balaban J connectivity index is 2.21. The topological polar surface area (TPSA) is 35.1 Å². The van der Waals surface area contributed by atoms with Crippen LogP contribution in [0.2, 0.25) is 0 Å². The molecule has 0 aliphatic heterocycles. The number of hydrogen-bond acceptors (Lipinski definition) is 2. The lowest BCUT2D eigenvalue weighted by Gasteiger charge is -2.18. The molecule has 0 bridgehead atoms. The average molecular weight is 362 g/mol.